The average molecular weight is 304 g/mol. The summed E-state index contributed by atoms with van der Waals surface area (Å²) in [4.78, 5) is 2.34. The van der Waals surface area contributed by atoms with Gasteiger partial charge in [-0.05, 0) is 24.3 Å². The molecule has 1 fully saturated rings. The van der Waals surface area contributed by atoms with E-state index in [1.807, 2.05) is 12.1 Å². The summed E-state index contributed by atoms with van der Waals surface area (Å²) >= 11 is 2.43. The van der Waals surface area contributed by atoms with E-state index in [9.17, 15) is 5.11 Å². The Labute approximate surface area is 97.3 Å². The molecule has 1 atom stereocenters. The third-order valence-corrected chi connectivity index (χ3v) is 3.47. The molecule has 1 aliphatic heterocycles. The summed E-state index contributed by atoms with van der Waals surface area (Å²) in [6, 6.07) is 7.40. The van der Waals surface area contributed by atoms with Gasteiger partial charge in [-0.1, -0.05) is 22.6 Å². The van der Waals surface area contributed by atoms with Crippen molar-refractivity contribution in [3.8, 4) is 5.75 Å². The molecule has 0 amide bonds. The van der Waals surface area contributed by atoms with E-state index in [-0.39, 0.29) is 0 Å². The molecule has 1 aliphatic rings. The fourth-order valence-electron chi connectivity index (χ4n) is 1.61. The van der Waals surface area contributed by atoms with Crippen molar-refractivity contribution in [1.29, 1.82) is 0 Å². The molecule has 1 unspecified atom stereocenters. The fraction of sp³-hybridized carbons (Fsp3) is 0.400. The van der Waals surface area contributed by atoms with Gasteiger partial charge < -0.3 is 15.3 Å². The van der Waals surface area contributed by atoms with Crippen LogP contribution in [0.2, 0.25) is 0 Å². The minimum atomic E-state index is 0.328. The Morgan fingerprint density at radius 1 is 1.36 bits per heavy atom. The summed E-state index contributed by atoms with van der Waals surface area (Å²) in [6.45, 7) is 3.07. The summed E-state index contributed by atoms with van der Waals surface area (Å²) < 4.78 is 0.492. The number of halogens is 1. The second-order valence-corrected chi connectivity index (χ2v) is 4.79. The second kappa shape index (κ2) is 4.35. The Morgan fingerprint density at radius 3 is 2.71 bits per heavy atom. The number of hydrogen-bond donors (Lipinski definition) is 2. The molecule has 0 saturated carbocycles. The first-order valence-corrected chi connectivity index (χ1v) is 5.92. The molecule has 1 aromatic carbocycles. The third kappa shape index (κ3) is 2.12. The number of phenols is 1. The van der Waals surface area contributed by atoms with Crippen LogP contribution in [-0.4, -0.2) is 28.8 Å². The zero-order chi connectivity index (χ0) is 9.97. The zero-order valence-electron chi connectivity index (χ0n) is 7.78. The normalized spacial score (nSPS) is 22.4. The first kappa shape index (κ1) is 10.0. The van der Waals surface area contributed by atoms with Gasteiger partial charge in [-0.15, -0.1) is 0 Å². The lowest BCUT2D eigenvalue weighted by molar-refractivity contribution is 0.475. The van der Waals surface area contributed by atoms with Gasteiger partial charge in [0.1, 0.15) is 5.75 Å². The van der Waals surface area contributed by atoms with Crippen LogP contribution in [0, 0.1) is 0 Å². The molecular weight excluding hydrogens is 291 g/mol. The summed E-state index contributed by atoms with van der Waals surface area (Å²) in [6.07, 6.45) is 0. The quantitative estimate of drug-likeness (QED) is 0.470. The number of hydrogen-bond acceptors (Lipinski definition) is 3. The van der Waals surface area contributed by atoms with E-state index in [1.54, 1.807) is 12.1 Å². The Hall–Kier alpha value is -0.490. The van der Waals surface area contributed by atoms with Crippen LogP contribution in [0.3, 0.4) is 0 Å². The predicted octanol–water partition coefficient (Wildman–Crippen LogP) is 1.56. The van der Waals surface area contributed by atoms with E-state index in [0.717, 1.165) is 19.6 Å². The van der Waals surface area contributed by atoms with E-state index in [4.69, 9.17) is 0 Å². The van der Waals surface area contributed by atoms with Gasteiger partial charge in [-0.3, -0.25) is 0 Å². The van der Waals surface area contributed by atoms with Gasteiger partial charge in [0.2, 0.25) is 0 Å². The van der Waals surface area contributed by atoms with Gasteiger partial charge in [-0.25, -0.2) is 0 Å². The van der Waals surface area contributed by atoms with Gasteiger partial charge in [0.05, 0.1) is 4.05 Å². The van der Waals surface area contributed by atoms with Crippen LogP contribution >= 0.6 is 22.6 Å². The van der Waals surface area contributed by atoms with Gasteiger partial charge >= 0.3 is 0 Å². The first-order chi connectivity index (χ1) is 6.77. The molecular formula is C10H13IN2O. The monoisotopic (exact) mass is 304 g/mol. The van der Waals surface area contributed by atoms with Crippen LogP contribution < -0.4 is 10.2 Å². The molecule has 3 nitrogen and oxygen atoms in total. The highest BCUT2D eigenvalue weighted by molar-refractivity contribution is 14.1. The Kier molecular flexibility index (Phi) is 3.12. The zero-order valence-corrected chi connectivity index (χ0v) is 9.94. The van der Waals surface area contributed by atoms with Crippen molar-refractivity contribution < 1.29 is 5.11 Å². The fourth-order valence-corrected chi connectivity index (χ4v) is 2.52. The lowest BCUT2D eigenvalue weighted by atomic mass is 10.2. The third-order valence-electron chi connectivity index (χ3n) is 2.36. The van der Waals surface area contributed by atoms with Gasteiger partial charge in [-0.2, -0.15) is 0 Å². The molecule has 0 spiro atoms. The SMILES string of the molecule is Oc1ccc(N2CCNCC2I)cc1. The molecule has 0 aromatic heterocycles. The molecule has 14 heavy (non-hydrogen) atoms. The highest BCUT2D eigenvalue weighted by Gasteiger charge is 2.18. The van der Waals surface area contributed by atoms with E-state index in [2.05, 4.69) is 32.8 Å². The van der Waals surface area contributed by atoms with Crippen molar-refractivity contribution in [1.82, 2.24) is 5.32 Å². The van der Waals surface area contributed by atoms with Crippen LogP contribution in [-0.2, 0) is 0 Å². The number of nitrogens with one attached hydrogen (secondary N) is 1. The minimum Gasteiger partial charge on any atom is -0.508 e. The van der Waals surface area contributed by atoms with Crippen molar-refractivity contribution in [2.24, 2.45) is 0 Å². The largest absolute Gasteiger partial charge is 0.508 e. The summed E-state index contributed by atoms with van der Waals surface area (Å²) in [5.41, 5.74) is 1.18. The maximum Gasteiger partial charge on any atom is 0.115 e. The van der Waals surface area contributed by atoms with E-state index < -0.39 is 0 Å². The molecule has 0 bridgehead atoms. The number of anilines is 1. The van der Waals surface area contributed by atoms with Gasteiger partial charge in [0.15, 0.2) is 0 Å². The Balaban J connectivity index is 2.16. The number of rotatable bonds is 1. The summed E-state index contributed by atoms with van der Waals surface area (Å²) in [5.74, 6) is 0.328. The van der Waals surface area contributed by atoms with Gasteiger partial charge in [0, 0.05) is 25.3 Å². The number of benzene rings is 1. The minimum absolute atomic E-state index is 0.328. The molecule has 1 heterocycles. The predicted molar refractivity (Wildman–Crippen MR) is 66.1 cm³/mol. The summed E-state index contributed by atoms with van der Waals surface area (Å²) in [7, 11) is 0. The lowest BCUT2D eigenvalue weighted by Gasteiger charge is -2.34. The van der Waals surface area contributed by atoms with E-state index in [0.29, 0.717) is 9.80 Å². The molecule has 4 heteroatoms. The molecule has 2 rings (SSSR count). The smallest absolute Gasteiger partial charge is 0.115 e. The summed E-state index contributed by atoms with van der Waals surface area (Å²) in [5, 5.41) is 12.5. The second-order valence-electron chi connectivity index (χ2n) is 3.35. The van der Waals surface area contributed by atoms with E-state index in [1.165, 1.54) is 5.69 Å². The maximum absolute atomic E-state index is 9.19. The topological polar surface area (TPSA) is 35.5 Å². The number of piperazine rings is 1. The Bertz CT molecular complexity index is 301. The molecule has 0 aliphatic carbocycles. The standard InChI is InChI=1S/C10H13IN2O/c11-10-7-12-5-6-13(10)8-1-3-9(14)4-2-8/h1-4,10,12,14H,5-7H2. The highest BCUT2D eigenvalue weighted by atomic mass is 127. The van der Waals surface area contributed by atoms with Crippen molar-refractivity contribution in [3.05, 3.63) is 24.3 Å². The van der Waals surface area contributed by atoms with Crippen LogP contribution in [0.4, 0.5) is 5.69 Å². The van der Waals surface area contributed by atoms with Crippen LogP contribution in [0.15, 0.2) is 24.3 Å². The lowest BCUT2D eigenvalue weighted by Crippen LogP contribution is -2.48. The van der Waals surface area contributed by atoms with Crippen LogP contribution in [0.1, 0.15) is 0 Å². The average Bonchev–Trinajstić information content (AvgIpc) is 2.20. The van der Waals surface area contributed by atoms with Crippen LogP contribution in [0.25, 0.3) is 0 Å². The maximum atomic E-state index is 9.19. The highest BCUT2D eigenvalue weighted by Crippen LogP contribution is 2.23. The number of nitrogens with zero attached hydrogens (tertiary/aromatic N) is 1. The van der Waals surface area contributed by atoms with Crippen LogP contribution in [0.5, 0.6) is 5.75 Å². The first-order valence-electron chi connectivity index (χ1n) is 4.68. The Morgan fingerprint density at radius 2 is 2.07 bits per heavy atom. The molecule has 1 aromatic rings. The van der Waals surface area contributed by atoms with Crippen molar-refractivity contribution >= 4 is 28.3 Å². The molecule has 2 N–H and O–H groups in total. The van der Waals surface area contributed by atoms with Crippen molar-refractivity contribution in [2.75, 3.05) is 24.5 Å². The number of phenolic OH excluding ortho intramolecular Hbond substituents is 1. The van der Waals surface area contributed by atoms with Crippen molar-refractivity contribution in [2.45, 2.75) is 4.05 Å². The van der Waals surface area contributed by atoms with Crippen molar-refractivity contribution in [3.63, 3.8) is 0 Å². The molecule has 1 saturated heterocycles. The van der Waals surface area contributed by atoms with Gasteiger partial charge in [0.25, 0.3) is 0 Å². The molecule has 0 radical (unpaired) electrons. The van der Waals surface area contributed by atoms with E-state index >= 15 is 0 Å². The molecule has 76 valence electrons. The number of aromatic hydroxyl groups is 1. The number of alkyl halides is 1.